The summed E-state index contributed by atoms with van der Waals surface area (Å²) in [7, 11) is 1.65. The van der Waals surface area contributed by atoms with E-state index < -0.39 is 0 Å². The third kappa shape index (κ3) is 3.69. The highest BCUT2D eigenvalue weighted by Crippen LogP contribution is 2.23. The molecule has 8 heteroatoms. The molecule has 0 aliphatic heterocycles. The Kier molecular flexibility index (Phi) is 4.73. The Labute approximate surface area is 139 Å². The third-order valence-electron chi connectivity index (χ3n) is 4.26. The first-order valence-electron chi connectivity index (χ1n) is 8.16. The molecule has 2 aromatic rings. The predicted molar refractivity (Wildman–Crippen MR) is 85.4 cm³/mol. The summed E-state index contributed by atoms with van der Waals surface area (Å²) in [5.74, 6) is 1.14. The zero-order chi connectivity index (χ0) is 17.1. The fourth-order valence-corrected chi connectivity index (χ4v) is 2.95. The van der Waals surface area contributed by atoms with Gasteiger partial charge in [0.2, 0.25) is 11.8 Å². The summed E-state index contributed by atoms with van der Waals surface area (Å²) in [5.41, 5.74) is 1.68. The van der Waals surface area contributed by atoms with Crippen LogP contribution in [0.2, 0.25) is 0 Å². The number of nitrogens with one attached hydrogen (secondary N) is 1. The number of rotatable bonds is 5. The van der Waals surface area contributed by atoms with Gasteiger partial charge in [0, 0.05) is 32.0 Å². The Morgan fingerprint density at radius 2 is 2.33 bits per heavy atom. The van der Waals surface area contributed by atoms with Gasteiger partial charge in [-0.2, -0.15) is 10.1 Å². The van der Waals surface area contributed by atoms with E-state index in [0.717, 1.165) is 30.5 Å². The Morgan fingerprint density at radius 1 is 1.50 bits per heavy atom. The van der Waals surface area contributed by atoms with Crippen molar-refractivity contribution >= 4 is 5.91 Å². The minimum Gasteiger partial charge on any atom is -0.356 e. The van der Waals surface area contributed by atoms with Gasteiger partial charge in [0.15, 0.2) is 5.82 Å². The fraction of sp³-hybridized carbons (Fsp3) is 0.562. The van der Waals surface area contributed by atoms with Crippen LogP contribution in [-0.2, 0) is 31.1 Å². The largest absolute Gasteiger partial charge is 0.356 e. The molecule has 0 aromatic carbocycles. The van der Waals surface area contributed by atoms with Gasteiger partial charge in [-0.25, -0.2) is 4.68 Å². The number of amides is 1. The second-order valence-corrected chi connectivity index (χ2v) is 6.15. The molecule has 24 heavy (non-hydrogen) atoms. The summed E-state index contributed by atoms with van der Waals surface area (Å²) in [6.45, 7) is 2.34. The van der Waals surface area contributed by atoms with Gasteiger partial charge in [0.1, 0.15) is 0 Å². The number of fused-ring (bicyclic) bond motifs is 1. The molecule has 0 spiro atoms. The van der Waals surface area contributed by atoms with Gasteiger partial charge in [-0.15, -0.1) is 0 Å². The van der Waals surface area contributed by atoms with E-state index in [4.69, 9.17) is 4.52 Å². The Balaban J connectivity index is 1.49. The molecule has 1 aliphatic rings. The van der Waals surface area contributed by atoms with Gasteiger partial charge in [-0.1, -0.05) is 5.16 Å². The number of carbonyl (C=O) groups excluding carboxylic acids is 1. The molecule has 0 saturated heterocycles. The maximum atomic E-state index is 12.3. The normalized spacial score (nSPS) is 16.7. The number of nitrogens with zero attached hydrogens (tertiary/aromatic N) is 4. The molecular formula is C16H21N5O3. The minimum absolute atomic E-state index is 0.0306. The number of carbonyl (C=O) groups is 1. The van der Waals surface area contributed by atoms with E-state index in [0.29, 0.717) is 31.1 Å². The van der Waals surface area contributed by atoms with Gasteiger partial charge in [-0.05, 0) is 38.2 Å². The van der Waals surface area contributed by atoms with Crippen molar-refractivity contribution in [2.24, 2.45) is 13.0 Å². The van der Waals surface area contributed by atoms with E-state index in [9.17, 15) is 9.59 Å². The highest BCUT2D eigenvalue weighted by atomic mass is 16.5. The first-order valence-corrected chi connectivity index (χ1v) is 8.16. The average molecular weight is 331 g/mol. The first-order chi connectivity index (χ1) is 11.5. The molecule has 0 radical (unpaired) electrons. The highest BCUT2D eigenvalue weighted by molar-refractivity contribution is 5.79. The molecule has 0 unspecified atom stereocenters. The standard InChI is InChI=1S/C16H21N5O3/c1-10-18-14(24-20-10)4-3-7-17-16(23)11-5-6-13-12(8-11)9-15(22)21(2)19-13/h9,11H,3-8H2,1-2H3,(H,17,23)/t11-/m0/s1. The van der Waals surface area contributed by atoms with Crippen LogP contribution in [0.15, 0.2) is 15.4 Å². The molecule has 1 atom stereocenters. The number of aromatic nitrogens is 4. The summed E-state index contributed by atoms with van der Waals surface area (Å²) >= 11 is 0. The number of hydrogen-bond donors (Lipinski definition) is 1. The van der Waals surface area contributed by atoms with E-state index in [1.807, 2.05) is 0 Å². The van der Waals surface area contributed by atoms with Gasteiger partial charge in [0.25, 0.3) is 5.56 Å². The molecule has 0 saturated carbocycles. The molecular weight excluding hydrogens is 310 g/mol. The van der Waals surface area contributed by atoms with Gasteiger partial charge >= 0.3 is 0 Å². The van der Waals surface area contributed by atoms with E-state index in [1.54, 1.807) is 20.0 Å². The van der Waals surface area contributed by atoms with E-state index in [1.165, 1.54) is 4.68 Å². The van der Waals surface area contributed by atoms with E-state index >= 15 is 0 Å². The van der Waals surface area contributed by atoms with Gasteiger partial charge in [0.05, 0.1) is 5.69 Å². The van der Waals surface area contributed by atoms with Gasteiger partial charge < -0.3 is 9.84 Å². The number of aryl methyl sites for hydroxylation is 4. The number of hydrogen-bond acceptors (Lipinski definition) is 6. The second-order valence-electron chi connectivity index (χ2n) is 6.15. The van der Waals surface area contributed by atoms with E-state index in [-0.39, 0.29) is 17.4 Å². The molecule has 1 aliphatic carbocycles. The maximum Gasteiger partial charge on any atom is 0.266 e. The van der Waals surface area contributed by atoms with Crippen LogP contribution in [0.1, 0.15) is 35.8 Å². The molecule has 2 heterocycles. The predicted octanol–water partition coefficient (Wildman–Crippen LogP) is 0.326. The average Bonchev–Trinajstić information content (AvgIpc) is 2.97. The lowest BCUT2D eigenvalue weighted by atomic mass is 9.86. The molecule has 3 rings (SSSR count). The SMILES string of the molecule is Cc1noc(CCCNC(=O)[C@H]2CCc3nn(C)c(=O)cc3C2)n1. The Morgan fingerprint density at radius 3 is 3.08 bits per heavy atom. The zero-order valence-corrected chi connectivity index (χ0v) is 13.9. The van der Waals surface area contributed by atoms with Crippen LogP contribution in [0, 0.1) is 12.8 Å². The smallest absolute Gasteiger partial charge is 0.266 e. The molecule has 1 N–H and O–H groups in total. The van der Waals surface area contributed by atoms with Crippen molar-refractivity contribution in [3.8, 4) is 0 Å². The van der Waals surface area contributed by atoms with Crippen LogP contribution in [0.4, 0.5) is 0 Å². The van der Waals surface area contributed by atoms with Crippen LogP contribution >= 0.6 is 0 Å². The molecule has 0 fully saturated rings. The van der Waals surface area contributed by atoms with Crippen molar-refractivity contribution < 1.29 is 9.32 Å². The lowest BCUT2D eigenvalue weighted by Gasteiger charge is -2.23. The fourth-order valence-electron chi connectivity index (χ4n) is 2.95. The topological polar surface area (TPSA) is 103 Å². The zero-order valence-electron chi connectivity index (χ0n) is 13.9. The summed E-state index contributed by atoms with van der Waals surface area (Å²) in [6.07, 6.45) is 3.45. The summed E-state index contributed by atoms with van der Waals surface area (Å²) in [4.78, 5) is 28.1. The Bertz CT molecular complexity index is 795. The van der Waals surface area contributed by atoms with E-state index in [2.05, 4.69) is 20.6 Å². The summed E-state index contributed by atoms with van der Waals surface area (Å²) < 4.78 is 6.38. The lowest BCUT2D eigenvalue weighted by molar-refractivity contribution is -0.125. The maximum absolute atomic E-state index is 12.3. The van der Waals surface area contributed by atoms with Crippen LogP contribution in [0.25, 0.3) is 0 Å². The molecule has 2 aromatic heterocycles. The minimum atomic E-state index is -0.135. The summed E-state index contributed by atoms with van der Waals surface area (Å²) in [6, 6.07) is 1.60. The molecule has 128 valence electrons. The third-order valence-corrected chi connectivity index (χ3v) is 4.26. The Hall–Kier alpha value is -2.51. The van der Waals surface area contributed by atoms with Crippen molar-refractivity contribution in [2.45, 2.75) is 39.0 Å². The molecule has 1 amide bonds. The van der Waals surface area contributed by atoms with Crippen molar-refractivity contribution in [2.75, 3.05) is 6.54 Å². The van der Waals surface area contributed by atoms with Gasteiger partial charge in [-0.3, -0.25) is 9.59 Å². The quantitative estimate of drug-likeness (QED) is 0.792. The van der Waals surface area contributed by atoms with Crippen LogP contribution in [0.3, 0.4) is 0 Å². The molecule has 8 nitrogen and oxygen atoms in total. The van der Waals surface area contributed by atoms with Crippen molar-refractivity contribution in [1.29, 1.82) is 0 Å². The monoisotopic (exact) mass is 331 g/mol. The first kappa shape index (κ1) is 16.4. The van der Waals surface area contributed by atoms with Crippen molar-refractivity contribution in [3.63, 3.8) is 0 Å². The summed E-state index contributed by atoms with van der Waals surface area (Å²) in [5, 5.41) is 11.0. The van der Waals surface area contributed by atoms with Crippen LogP contribution in [0.5, 0.6) is 0 Å². The van der Waals surface area contributed by atoms with Crippen molar-refractivity contribution in [1.82, 2.24) is 25.2 Å². The van der Waals surface area contributed by atoms with Crippen LogP contribution < -0.4 is 10.9 Å². The highest BCUT2D eigenvalue weighted by Gasteiger charge is 2.26. The second kappa shape index (κ2) is 6.94. The van der Waals surface area contributed by atoms with Crippen molar-refractivity contribution in [3.05, 3.63) is 39.4 Å². The lowest BCUT2D eigenvalue weighted by Crippen LogP contribution is -2.36. The van der Waals surface area contributed by atoms with Crippen LogP contribution in [-0.4, -0.2) is 32.4 Å². The molecule has 0 bridgehead atoms.